The van der Waals surface area contributed by atoms with Gasteiger partial charge in [0.15, 0.2) is 5.56 Å². The SMILES string of the molecule is CC(Cl)OC(=O)N(C)c1cc(C(F)(F)F)ccc1COC(=O)CNCC(=O)OC(C)(C)C. The number of esters is 2. The third kappa shape index (κ3) is 9.73. The van der Waals surface area contributed by atoms with E-state index in [-0.39, 0.29) is 24.3 Å². The molecule has 0 saturated heterocycles. The van der Waals surface area contributed by atoms with E-state index in [4.69, 9.17) is 25.8 Å². The third-order valence-corrected chi connectivity index (χ3v) is 3.75. The van der Waals surface area contributed by atoms with Crippen molar-refractivity contribution in [3.8, 4) is 0 Å². The fourth-order valence-electron chi connectivity index (χ4n) is 2.34. The van der Waals surface area contributed by atoms with Crippen LogP contribution in [0.1, 0.15) is 38.8 Å². The second-order valence-corrected chi connectivity index (χ2v) is 8.29. The molecule has 0 heterocycles. The molecule has 32 heavy (non-hydrogen) atoms. The molecule has 1 unspecified atom stereocenters. The van der Waals surface area contributed by atoms with Crippen molar-refractivity contribution in [2.24, 2.45) is 0 Å². The van der Waals surface area contributed by atoms with Crippen molar-refractivity contribution < 1.29 is 41.8 Å². The highest BCUT2D eigenvalue weighted by Crippen LogP contribution is 2.34. The molecule has 0 saturated carbocycles. The Morgan fingerprint density at radius 1 is 1.12 bits per heavy atom. The van der Waals surface area contributed by atoms with Gasteiger partial charge < -0.3 is 14.2 Å². The Kier molecular flexibility index (Phi) is 9.77. The highest BCUT2D eigenvalue weighted by atomic mass is 35.5. The average molecular weight is 483 g/mol. The smallest absolute Gasteiger partial charge is 0.416 e. The molecule has 0 spiro atoms. The number of hydrogen-bond donors (Lipinski definition) is 1. The maximum atomic E-state index is 13.1. The normalized spacial score (nSPS) is 12.7. The summed E-state index contributed by atoms with van der Waals surface area (Å²) in [6, 6.07) is 2.63. The molecule has 1 atom stereocenters. The molecule has 0 bridgehead atoms. The van der Waals surface area contributed by atoms with E-state index >= 15 is 0 Å². The van der Waals surface area contributed by atoms with Gasteiger partial charge in [-0.15, -0.1) is 0 Å². The molecule has 1 N–H and O–H groups in total. The van der Waals surface area contributed by atoms with Crippen molar-refractivity contribution in [2.45, 2.75) is 51.6 Å². The van der Waals surface area contributed by atoms with Crippen LogP contribution >= 0.6 is 11.6 Å². The lowest BCUT2D eigenvalue weighted by molar-refractivity contribution is -0.153. The van der Waals surface area contributed by atoms with E-state index in [1.807, 2.05) is 0 Å². The highest BCUT2D eigenvalue weighted by Gasteiger charge is 2.32. The standard InChI is InChI=1S/C20H26ClF3N2O6/c1-12(21)31-18(29)26(5)15-8-14(20(22,23)24)7-6-13(15)11-30-16(27)9-25-10-17(28)32-19(2,3)4/h6-8,12,25H,9-11H2,1-5H3. The summed E-state index contributed by atoms with van der Waals surface area (Å²) in [6.45, 7) is 5.46. The molecule has 1 rings (SSSR count). The Morgan fingerprint density at radius 3 is 2.25 bits per heavy atom. The van der Waals surface area contributed by atoms with E-state index in [1.165, 1.54) is 14.0 Å². The van der Waals surface area contributed by atoms with E-state index in [1.54, 1.807) is 20.8 Å². The molecule has 12 heteroatoms. The molecular formula is C20H26ClF3N2O6. The molecular weight excluding hydrogens is 457 g/mol. The summed E-state index contributed by atoms with van der Waals surface area (Å²) in [5, 5.41) is 2.55. The zero-order valence-electron chi connectivity index (χ0n) is 18.3. The van der Waals surface area contributed by atoms with Crippen LogP contribution in [0.4, 0.5) is 23.7 Å². The van der Waals surface area contributed by atoms with Gasteiger partial charge in [-0.3, -0.25) is 19.8 Å². The van der Waals surface area contributed by atoms with Crippen LogP contribution in [0.2, 0.25) is 0 Å². The number of benzene rings is 1. The molecule has 0 aliphatic rings. The number of alkyl halides is 4. The highest BCUT2D eigenvalue weighted by molar-refractivity contribution is 6.20. The number of carbonyl (C=O) groups is 3. The van der Waals surface area contributed by atoms with Crippen molar-refractivity contribution in [1.29, 1.82) is 0 Å². The van der Waals surface area contributed by atoms with Gasteiger partial charge in [-0.25, -0.2) is 4.79 Å². The van der Waals surface area contributed by atoms with Crippen LogP contribution in [0.3, 0.4) is 0 Å². The minimum atomic E-state index is -4.65. The van der Waals surface area contributed by atoms with Crippen molar-refractivity contribution in [1.82, 2.24) is 5.32 Å². The number of anilines is 1. The number of amides is 1. The van der Waals surface area contributed by atoms with E-state index < -0.39 is 47.5 Å². The lowest BCUT2D eigenvalue weighted by Crippen LogP contribution is -2.34. The first kappa shape index (κ1) is 27.5. The number of ether oxygens (including phenoxy) is 3. The average Bonchev–Trinajstić information content (AvgIpc) is 2.62. The van der Waals surface area contributed by atoms with Crippen LogP contribution in [0, 0.1) is 0 Å². The molecule has 8 nitrogen and oxygen atoms in total. The topological polar surface area (TPSA) is 94.2 Å². The summed E-state index contributed by atoms with van der Waals surface area (Å²) in [5.41, 5.74) is -2.72. The Labute approximate surface area is 188 Å². The van der Waals surface area contributed by atoms with Crippen molar-refractivity contribution in [3.63, 3.8) is 0 Å². The predicted octanol–water partition coefficient (Wildman–Crippen LogP) is 3.84. The molecule has 0 fully saturated rings. The summed E-state index contributed by atoms with van der Waals surface area (Å²) in [6.07, 6.45) is -5.64. The van der Waals surface area contributed by atoms with Crippen LogP contribution < -0.4 is 10.2 Å². The van der Waals surface area contributed by atoms with Gasteiger partial charge in [-0.2, -0.15) is 13.2 Å². The summed E-state index contributed by atoms with van der Waals surface area (Å²) < 4.78 is 54.2. The molecule has 0 aliphatic carbocycles. The van der Waals surface area contributed by atoms with Crippen molar-refractivity contribution in [3.05, 3.63) is 29.3 Å². The number of nitrogens with zero attached hydrogens (tertiary/aromatic N) is 1. The molecule has 0 aliphatic heterocycles. The number of carbonyl (C=O) groups excluding carboxylic acids is 3. The van der Waals surface area contributed by atoms with Gasteiger partial charge in [-0.05, 0) is 39.8 Å². The lowest BCUT2D eigenvalue weighted by Gasteiger charge is -2.22. The zero-order valence-corrected chi connectivity index (χ0v) is 19.1. The van der Waals surface area contributed by atoms with Crippen molar-refractivity contribution >= 4 is 35.3 Å². The summed E-state index contributed by atoms with van der Waals surface area (Å²) in [5.74, 6) is -1.33. The maximum Gasteiger partial charge on any atom is 0.416 e. The number of halogens is 4. The second-order valence-electron chi connectivity index (χ2n) is 7.68. The minimum absolute atomic E-state index is 0.125. The second kappa shape index (κ2) is 11.4. The van der Waals surface area contributed by atoms with Crippen LogP contribution in [-0.2, 0) is 36.6 Å². The van der Waals surface area contributed by atoms with E-state index in [0.29, 0.717) is 0 Å². The van der Waals surface area contributed by atoms with E-state index in [0.717, 1.165) is 23.1 Å². The largest absolute Gasteiger partial charge is 0.460 e. The first-order valence-electron chi connectivity index (χ1n) is 9.47. The number of rotatable bonds is 8. The first-order valence-corrected chi connectivity index (χ1v) is 9.90. The summed E-state index contributed by atoms with van der Waals surface area (Å²) in [7, 11) is 1.20. The van der Waals surface area contributed by atoms with Gasteiger partial charge in [0, 0.05) is 12.6 Å². The van der Waals surface area contributed by atoms with Gasteiger partial charge in [0.05, 0.1) is 24.3 Å². The van der Waals surface area contributed by atoms with Crippen LogP contribution in [-0.4, -0.2) is 49.3 Å². The number of nitrogens with one attached hydrogen (secondary N) is 1. The van der Waals surface area contributed by atoms with Gasteiger partial charge in [0.2, 0.25) is 0 Å². The van der Waals surface area contributed by atoms with Gasteiger partial charge in [-0.1, -0.05) is 17.7 Å². The Bertz CT molecular complexity index is 825. The Balaban J connectivity index is 2.83. The fraction of sp³-hybridized carbons (Fsp3) is 0.550. The predicted molar refractivity (Wildman–Crippen MR) is 110 cm³/mol. The minimum Gasteiger partial charge on any atom is -0.460 e. The number of hydrogen-bond acceptors (Lipinski definition) is 7. The Morgan fingerprint density at radius 2 is 1.72 bits per heavy atom. The van der Waals surface area contributed by atoms with Crippen molar-refractivity contribution in [2.75, 3.05) is 25.0 Å². The third-order valence-electron chi connectivity index (χ3n) is 3.66. The zero-order chi connectivity index (χ0) is 24.7. The van der Waals surface area contributed by atoms with E-state index in [2.05, 4.69) is 5.32 Å². The van der Waals surface area contributed by atoms with Gasteiger partial charge in [0.25, 0.3) is 0 Å². The molecule has 1 amide bonds. The van der Waals surface area contributed by atoms with Crippen LogP contribution in [0.5, 0.6) is 0 Å². The van der Waals surface area contributed by atoms with Crippen LogP contribution in [0.15, 0.2) is 18.2 Å². The first-order chi connectivity index (χ1) is 14.6. The molecule has 1 aromatic rings. The van der Waals surface area contributed by atoms with Crippen LogP contribution in [0.25, 0.3) is 0 Å². The summed E-state index contributed by atoms with van der Waals surface area (Å²) in [4.78, 5) is 36.5. The quantitative estimate of drug-likeness (QED) is 0.342. The maximum absolute atomic E-state index is 13.1. The summed E-state index contributed by atoms with van der Waals surface area (Å²) >= 11 is 5.60. The molecule has 0 radical (unpaired) electrons. The monoisotopic (exact) mass is 482 g/mol. The van der Waals surface area contributed by atoms with Gasteiger partial charge in [0.1, 0.15) is 12.2 Å². The lowest BCUT2D eigenvalue weighted by atomic mass is 10.1. The Hall–Kier alpha value is -2.53. The molecule has 1 aromatic carbocycles. The molecule has 0 aromatic heterocycles. The van der Waals surface area contributed by atoms with Gasteiger partial charge >= 0.3 is 24.2 Å². The molecule has 180 valence electrons. The van der Waals surface area contributed by atoms with E-state index in [9.17, 15) is 27.6 Å². The fourth-order valence-corrected chi connectivity index (χ4v) is 2.42.